The Balaban J connectivity index is 1.99. The summed E-state index contributed by atoms with van der Waals surface area (Å²) >= 11 is 0. The van der Waals surface area contributed by atoms with E-state index in [1.54, 1.807) is 0 Å². The molecule has 1 fully saturated rings. The number of benzene rings is 1. The fourth-order valence-corrected chi connectivity index (χ4v) is 2.90. The summed E-state index contributed by atoms with van der Waals surface area (Å²) in [5, 5.41) is 3.58. The molecule has 0 aromatic heterocycles. The van der Waals surface area contributed by atoms with Crippen molar-refractivity contribution >= 4 is 6.03 Å². The molecule has 4 nitrogen and oxygen atoms in total. The zero-order valence-electron chi connectivity index (χ0n) is 13.2. The number of urea groups is 1. The molecule has 1 aliphatic rings. The van der Waals surface area contributed by atoms with E-state index < -0.39 is 0 Å². The summed E-state index contributed by atoms with van der Waals surface area (Å²) in [6, 6.07) is 11.0. The van der Waals surface area contributed by atoms with Crippen molar-refractivity contribution in [2.75, 3.05) is 32.7 Å². The van der Waals surface area contributed by atoms with Crippen LogP contribution in [0.25, 0.3) is 0 Å². The maximum absolute atomic E-state index is 12.5. The molecular weight excluding hydrogens is 262 g/mol. The number of nitrogens with zero attached hydrogens (tertiary/aromatic N) is 2. The zero-order valence-corrected chi connectivity index (χ0v) is 13.2. The van der Waals surface area contributed by atoms with Gasteiger partial charge in [0.25, 0.3) is 0 Å². The number of rotatable bonds is 4. The van der Waals surface area contributed by atoms with Gasteiger partial charge in [0.1, 0.15) is 0 Å². The largest absolute Gasteiger partial charge is 0.325 e. The van der Waals surface area contributed by atoms with Crippen LogP contribution in [0.1, 0.15) is 25.8 Å². The first kappa shape index (κ1) is 15.8. The van der Waals surface area contributed by atoms with E-state index >= 15 is 0 Å². The maximum Gasteiger partial charge on any atom is 0.320 e. The summed E-state index contributed by atoms with van der Waals surface area (Å²) in [6.07, 6.45) is 2.00. The van der Waals surface area contributed by atoms with Crippen molar-refractivity contribution in [1.82, 2.24) is 15.1 Å². The molecule has 0 aliphatic carbocycles. The van der Waals surface area contributed by atoms with E-state index in [1.165, 1.54) is 5.56 Å². The van der Waals surface area contributed by atoms with E-state index in [9.17, 15) is 4.79 Å². The van der Waals surface area contributed by atoms with Crippen LogP contribution in [0, 0.1) is 0 Å². The molecule has 0 spiro atoms. The van der Waals surface area contributed by atoms with Gasteiger partial charge in [0.05, 0.1) is 0 Å². The molecule has 1 aromatic rings. The highest BCUT2D eigenvalue weighted by molar-refractivity contribution is 5.74. The minimum atomic E-state index is 0.182. The third-order valence-electron chi connectivity index (χ3n) is 4.11. The van der Waals surface area contributed by atoms with Gasteiger partial charge in [-0.3, -0.25) is 0 Å². The Morgan fingerprint density at radius 1 is 1.29 bits per heavy atom. The highest BCUT2D eigenvalue weighted by Gasteiger charge is 2.24. The topological polar surface area (TPSA) is 35.6 Å². The quantitative estimate of drug-likeness (QED) is 0.923. The van der Waals surface area contributed by atoms with E-state index in [-0.39, 0.29) is 6.03 Å². The molecule has 1 saturated heterocycles. The first-order valence-electron chi connectivity index (χ1n) is 8.05. The van der Waals surface area contributed by atoms with Gasteiger partial charge in [-0.1, -0.05) is 30.3 Å². The van der Waals surface area contributed by atoms with Gasteiger partial charge in [0, 0.05) is 32.2 Å². The highest BCUT2D eigenvalue weighted by Crippen LogP contribution is 2.10. The second kappa shape index (κ2) is 8.03. The van der Waals surface area contributed by atoms with Gasteiger partial charge in [0.2, 0.25) is 0 Å². The molecule has 0 bridgehead atoms. The number of amides is 2. The SMILES string of the molecule is CCN(CC)C(=O)N1CCCNC(Cc2ccccc2)C1. The number of hydrogen-bond acceptors (Lipinski definition) is 2. The van der Waals surface area contributed by atoms with E-state index in [2.05, 4.69) is 29.6 Å². The Bertz CT molecular complexity index is 431. The number of hydrogen-bond donors (Lipinski definition) is 1. The molecule has 2 amide bonds. The van der Waals surface area contributed by atoms with E-state index in [0.29, 0.717) is 6.04 Å². The van der Waals surface area contributed by atoms with Gasteiger partial charge in [-0.15, -0.1) is 0 Å². The predicted molar refractivity (Wildman–Crippen MR) is 86.4 cm³/mol. The first-order chi connectivity index (χ1) is 10.2. The summed E-state index contributed by atoms with van der Waals surface area (Å²) in [4.78, 5) is 16.5. The average Bonchev–Trinajstić information content (AvgIpc) is 2.75. The van der Waals surface area contributed by atoms with Gasteiger partial charge in [-0.2, -0.15) is 0 Å². The summed E-state index contributed by atoms with van der Waals surface area (Å²) in [5.41, 5.74) is 1.33. The summed E-state index contributed by atoms with van der Waals surface area (Å²) in [7, 11) is 0. The molecule has 1 N–H and O–H groups in total. The number of carbonyl (C=O) groups is 1. The van der Waals surface area contributed by atoms with Crippen LogP contribution in [0.15, 0.2) is 30.3 Å². The van der Waals surface area contributed by atoms with Crippen LogP contribution in [0.2, 0.25) is 0 Å². The van der Waals surface area contributed by atoms with Gasteiger partial charge >= 0.3 is 6.03 Å². The third-order valence-corrected chi connectivity index (χ3v) is 4.11. The Morgan fingerprint density at radius 2 is 2.00 bits per heavy atom. The molecule has 0 radical (unpaired) electrons. The Morgan fingerprint density at radius 3 is 2.67 bits per heavy atom. The van der Waals surface area contributed by atoms with Crippen molar-refractivity contribution < 1.29 is 4.79 Å². The molecule has 1 aliphatic heterocycles. The monoisotopic (exact) mass is 289 g/mol. The minimum absolute atomic E-state index is 0.182. The van der Waals surface area contributed by atoms with Crippen molar-refractivity contribution in [3.8, 4) is 0 Å². The lowest BCUT2D eigenvalue weighted by molar-refractivity contribution is 0.156. The predicted octanol–water partition coefficient (Wildman–Crippen LogP) is 2.35. The maximum atomic E-state index is 12.5. The molecule has 1 aromatic carbocycles. The first-order valence-corrected chi connectivity index (χ1v) is 8.05. The van der Waals surface area contributed by atoms with Crippen LogP contribution in [0.3, 0.4) is 0 Å². The molecule has 21 heavy (non-hydrogen) atoms. The lowest BCUT2D eigenvalue weighted by atomic mass is 10.1. The molecule has 4 heteroatoms. The van der Waals surface area contributed by atoms with Crippen LogP contribution in [-0.2, 0) is 6.42 Å². The van der Waals surface area contributed by atoms with Crippen molar-refractivity contribution in [1.29, 1.82) is 0 Å². The summed E-state index contributed by atoms with van der Waals surface area (Å²) in [6.45, 7) is 8.28. The van der Waals surface area contributed by atoms with E-state index in [4.69, 9.17) is 0 Å². The van der Waals surface area contributed by atoms with Crippen LogP contribution >= 0.6 is 0 Å². The van der Waals surface area contributed by atoms with Crippen molar-refractivity contribution in [2.45, 2.75) is 32.7 Å². The lowest BCUT2D eigenvalue weighted by Gasteiger charge is -2.30. The zero-order chi connectivity index (χ0) is 15.1. The summed E-state index contributed by atoms with van der Waals surface area (Å²) in [5.74, 6) is 0. The fourth-order valence-electron chi connectivity index (χ4n) is 2.90. The van der Waals surface area contributed by atoms with Crippen LogP contribution < -0.4 is 5.32 Å². The van der Waals surface area contributed by atoms with Crippen molar-refractivity contribution in [3.05, 3.63) is 35.9 Å². The smallest absolute Gasteiger partial charge is 0.320 e. The van der Waals surface area contributed by atoms with Gasteiger partial charge in [-0.25, -0.2) is 4.79 Å². The molecular formula is C17H27N3O. The second-order valence-corrected chi connectivity index (χ2v) is 5.60. The second-order valence-electron chi connectivity index (χ2n) is 5.60. The standard InChI is InChI=1S/C17H27N3O/c1-3-19(4-2)17(21)20-12-8-11-18-16(14-20)13-15-9-6-5-7-10-15/h5-7,9-10,16,18H,3-4,8,11-14H2,1-2H3. The van der Waals surface area contributed by atoms with Crippen LogP contribution in [0.5, 0.6) is 0 Å². The average molecular weight is 289 g/mol. The Hall–Kier alpha value is -1.55. The third kappa shape index (κ3) is 4.46. The Kier molecular flexibility index (Phi) is 6.05. The number of carbonyl (C=O) groups excluding carboxylic acids is 1. The van der Waals surface area contributed by atoms with Gasteiger partial charge in [0.15, 0.2) is 0 Å². The van der Waals surface area contributed by atoms with Crippen LogP contribution in [0.4, 0.5) is 4.79 Å². The molecule has 116 valence electrons. The van der Waals surface area contributed by atoms with E-state index in [1.807, 2.05) is 29.7 Å². The lowest BCUT2D eigenvalue weighted by Crippen LogP contribution is -2.47. The normalized spacial score (nSPS) is 19.1. The van der Waals surface area contributed by atoms with Crippen molar-refractivity contribution in [3.63, 3.8) is 0 Å². The van der Waals surface area contributed by atoms with Crippen LogP contribution in [-0.4, -0.2) is 54.6 Å². The molecule has 1 unspecified atom stereocenters. The summed E-state index contributed by atoms with van der Waals surface area (Å²) < 4.78 is 0. The molecule has 1 heterocycles. The fraction of sp³-hybridized carbons (Fsp3) is 0.588. The molecule has 2 rings (SSSR count). The van der Waals surface area contributed by atoms with Crippen molar-refractivity contribution in [2.24, 2.45) is 0 Å². The minimum Gasteiger partial charge on any atom is -0.325 e. The van der Waals surface area contributed by atoms with E-state index in [0.717, 1.165) is 45.6 Å². The molecule has 1 atom stereocenters. The molecule has 0 saturated carbocycles. The Labute approximate surface area is 128 Å². The van der Waals surface area contributed by atoms with Gasteiger partial charge < -0.3 is 15.1 Å². The number of nitrogens with one attached hydrogen (secondary N) is 1. The highest BCUT2D eigenvalue weighted by atomic mass is 16.2. The van der Waals surface area contributed by atoms with Gasteiger partial charge in [-0.05, 0) is 38.8 Å².